The molecule has 0 saturated carbocycles. The molecule has 10 heavy (non-hydrogen) atoms. The van der Waals surface area contributed by atoms with Gasteiger partial charge in [-0.25, -0.2) is 13.7 Å². The summed E-state index contributed by atoms with van der Waals surface area (Å²) in [5.74, 6) is 0. The van der Waals surface area contributed by atoms with Crippen LogP contribution in [-0.2, 0) is 14.4 Å². The fraction of sp³-hybridized carbons (Fsp3) is 0.600. The van der Waals surface area contributed by atoms with Gasteiger partial charge in [0.05, 0.1) is 7.11 Å². The molecule has 0 heterocycles. The predicted octanol–water partition coefficient (Wildman–Crippen LogP) is -0.00630. The Kier molecular flexibility index (Phi) is 3.21. The molecule has 0 aliphatic heterocycles. The summed E-state index contributed by atoms with van der Waals surface area (Å²) in [6.45, 7) is 1.61. The van der Waals surface area contributed by atoms with Crippen molar-refractivity contribution in [2.24, 2.45) is 0 Å². The summed E-state index contributed by atoms with van der Waals surface area (Å²) in [6, 6.07) is 0. The van der Waals surface area contributed by atoms with Crippen molar-refractivity contribution in [3.63, 3.8) is 0 Å². The minimum Gasteiger partial charge on any atom is -0.452 e. The van der Waals surface area contributed by atoms with E-state index in [1.807, 2.05) is 0 Å². The van der Waals surface area contributed by atoms with Crippen molar-refractivity contribution in [1.29, 1.82) is 0 Å². The quantitative estimate of drug-likeness (QED) is 0.556. The SMILES string of the molecule is CC=S(C)(=O)NC(=O)OC. The Bertz CT molecular complexity index is 227. The van der Waals surface area contributed by atoms with Gasteiger partial charge in [0.15, 0.2) is 0 Å². The number of methoxy groups -OCH3 is 1. The van der Waals surface area contributed by atoms with Crippen molar-refractivity contribution in [2.45, 2.75) is 6.92 Å². The van der Waals surface area contributed by atoms with Crippen LogP contribution in [0, 0.1) is 0 Å². The summed E-state index contributed by atoms with van der Waals surface area (Å²) in [6.07, 6.45) is 0.745. The molecule has 60 valence electrons. The van der Waals surface area contributed by atoms with Gasteiger partial charge in [-0.15, -0.1) is 0 Å². The van der Waals surface area contributed by atoms with Crippen LogP contribution in [0.3, 0.4) is 0 Å². The molecule has 0 saturated heterocycles. The highest BCUT2D eigenvalue weighted by Gasteiger charge is 2.02. The molecule has 0 spiro atoms. The van der Waals surface area contributed by atoms with Crippen LogP contribution in [0.4, 0.5) is 4.79 Å². The zero-order valence-corrected chi connectivity index (χ0v) is 7.03. The molecule has 0 aromatic carbocycles. The van der Waals surface area contributed by atoms with Crippen molar-refractivity contribution < 1.29 is 13.7 Å². The molecule has 5 heteroatoms. The second-order valence-electron chi connectivity index (χ2n) is 1.73. The zero-order valence-electron chi connectivity index (χ0n) is 6.21. The number of rotatable bonds is 1. The molecule has 0 aromatic rings. The van der Waals surface area contributed by atoms with Gasteiger partial charge in [-0.05, 0) is 12.3 Å². The van der Waals surface area contributed by atoms with Crippen molar-refractivity contribution in [1.82, 2.24) is 4.72 Å². The third kappa shape index (κ3) is 3.34. The summed E-state index contributed by atoms with van der Waals surface area (Å²) in [5, 5.41) is 1.42. The fourth-order valence-electron chi connectivity index (χ4n) is 0.266. The number of hydrogen-bond acceptors (Lipinski definition) is 3. The van der Waals surface area contributed by atoms with E-state index in [1.54, 1.807) is 6.92 Å². The summed E-state index contributed by atoms with van der Waals surface area (Å²) in [7, 11) is -1.11. The van der Waals surface area contributed by atoms with Gasteiger partial charge in [0.1, 0.15) is 0 Å². The number of amides is 1. The Labute approximate surface area is 60.7 Å². The van der Waals surface area contributed by atoms with E-state index in [9.17, 15) is 9.00 Å². The molecule has 4 nitrogen and oxygen atoms in total. The van der Waals surface area contributed by atoms with E-state index in [4.69, 9.17) is 0 Å². The summed E-state index contributed by atoms with van der Waals surface area (Å²) in [4.78, 5) is 10.5. The van der Waals surface area contributed by atoms with E-state index in [0.29, 0.717) is 0 Å². The van der Waals surface area contributed by atoms with Crippen LogP contribution in [0.5, 0.6) is 0 Å². The molecule has 0 aliphatic carbocycles. The number of hydrogen-bond donors (Lipinski definition) is 1. The topological polar surface area (TPSA) is 55.4 Å². The lowest BCUT2D eigenvalue weighted by Gasteiger charge is -2.04. The van der Waals surface area contributed by atoms with E-state index in [1.165, 1.54) is 18.7 Å². The largest absolute Gasteiger partial charge is 0.452 e. The lowest BCUT2D eigenvalue weighted by Crippen LogP contribution is -2.30. The molecule has 0 rings (SSSR count). The maximum absolute atomic E-state index is 11.1. The Hall–Kier alpha value is -0.710. The molecule has 1 unspecified atom stereocenters. The van der Waals surface area contributed by atoms with Crippen LogP contribution in [0.25, 0.3) is 0 Å². The Balaban J connectivity index is 4.18. The van der Waals surface area contributed by atoms with Crippen molar-refractivity contribution in [3.05, 3.63) is 0 Å². The van der Waals surface area contributed by atoms with Gasteiger partial charge in [0.25, 0.3) is 0 Å². The smallest absolute Gasteiger partial charge is 0.418 e. The van der Waals surface area contributed by atoms with Gasteiger partial charge in [-0.2, -0.15) is 0 Å². The zero-order chi connectivity index (χ0) is 8.20. The highest BCUT2D eigenvalue weighted by atomic mass is 32.2. The van der Waals surface area contributed by atoms with Gasteiger partial charge in [0.2, 0.25) is 0 Å². The summed E-state index contributed by atoms with van der Waals surface area (Å²) < 4.78 is 17.5. The first-order chi connectivity index (χ1) is 4.52. The van der Waals surface area contributed by atoms with Crippen LogP contribution < -0.4 is 4.72 Å². The lowest BCUT2D eigenvalue weighted by atomic mass is 11.0. The monoisotopic (exact) mass is 165 g/mol. The van der Waals surface area contributed by atoms with Crippen LogP contribution in [0.2, 0.25) is 0 Å². The fourth-order valence-corrected chi connectivity index (χ4v) is 0.798. The normalized spacial score (nSPS) is 15.1. The lowest BCUT2D eigenvalue weighted by molar-refractivity contribution is 0.178. The van der Waals surface area contributed by atoms with Gasteiger partial charge in [-0.3, -0.25) is 0 Å². The molecule has 1 N–H and O–H groups in total. The molecule has 0 aliphatic rings. The van der Waals surface area contributed by atoms with Crippen LogP contribution >= 0.6 is 0 Å². The number of carbonyl (C=O) groups excluding carboxylic acids is 1. The molecule has 0 fully saturated rings. The van der Waals surface area contributed by atoms with Gasteiger partial charge < -0.3 is 4.74 Å². The van der Waals surface area contributed by atoms with Gasteiger partial charge >= 0.3 is 6.09 Å². The average Bonchev–Trinajstić information content (AvgIpc) is 1.87. The maximum Gasteiger partial charge on any atom is 0.418 e. The molecule has 1 atom stereocenters. The Morgan fingerprint density at radius 2 is 2.20 bits per heavy atom. The molecule has 0 bridgehead atoms. The minimum atomic E-state index is -2.33. The highest BCUT2D eigenvalue weighted by molar-refractivity contribution is 7.99. The number of nitrogens with one attached hydrogen (secondary N) is 1. The third-order valence-corrected chi connectivity index (χ3v) is 2.39. The second kappa shape index (κ2) is 3.46. The third-order valence-electron chi connectivity index (χ3n) is 0.921. The Morgan fingerprint density at radius 3 is 2.50 bits per heavy atom. The molecular weight excluding hydrogens is 154 g/mol. The van der Waals surface area contributed by atoms with Gasteiger partial charge in [0, 0.05) is 16.0 Å². The van der Waals surface area contributed by atoms with E-state index in [0.717, 1.165) is 0 Å². The van der Waals surface area contributed by atoms with Gasteiger partial charge in [-0.1, -0.05) is 0 Å². The van der Waals surface area contributed by atoms with Crippen LogP contribution in [0.1, 0.15) is 6.92 Å². The summed E-state index contributed by atoms with van der Waals surface area (Å²) >= 11 is 0. The maximum atomic E-state index is 11.1. The minimum absolute atomic E-state index is 0.675. The molecule has 1 amide bonds. The standard InChI is InChI=1S/C5H11NO3S/c1-4-10(3,8)6-5(7)9-2/h4H,1-3H3,(H,6,7,8). The molecule has 0 aromatic heterocycles. The van der Waals surface area contributed by atoms with E-state index >= 15 is 0 Å². The first-order valence-corrected chi connectivity index (χ1v) is 4.69. The second-order valence-corrected chi connectivity index (χ2v) is 4.22. The first-order valence-electron chi connectivity index (χ1n) is 2.66. The average molecular weight is 165 g/mol. The van der Waals surface area contributed by atoms with Crippen molar-refractivity contribution in [2.75, 3.05) is 13.4 Å². The number of carbonyl (C=O) groups is 1. The van der Waals surface area contributed by atoms with E-state index in [2.05, 4.69) is 9.46 Å². The first kappa shape index (κ1) is 9.29. The van der Waals surface area contributed by atoms with Crippen molar-refractivity contribution >= 4 is 21.2 Å². The highest BCUT2D eigenvalue weighted by Crippen LogP contribution is 1.79. The predicted molar refractivity (Wildman–Crippen MR) is 41.3 cm³/mol. The number of ether oxygens (including phenoxy) is 1. The molecule has 0 radical (unpaired) electrons. The van der Waals surface area contributed by atoms with E-state index < -0.39 is 15.8 Å². The van der Waals surface area contributed by atoms with Crippen LogP contribution in [0.15, 0.2) is 0 Å². The van der Waals surface area contributed by atoms with Crippen LogP contribution in [-0.4, -0.2) is 29.0 Å². The summed E-state index contributed by atoms with van der Waals surface area (Å²) in [5.41, 5.74) is 0. The Morgan fingerprint density at radius 1 is 1.70 bits per heavy atom. The van der Waals surface area contributed by atoms with Crippen molar-refractivity contribution in [3.8, 4) is 0 Å². The molecular formula is C5H11NO3S. The van der Waals surface area contributed by atoms with E-state index in [-0.39, 0.29) is 0 Å².